The van der Waals surface area contributed by atoms with Crippen molar-refractivity contribution in [2.45, 2.75) is 39.3 Å². The van der Waals surface area contributed by atoms with Crippen molar-refractivity contribution in [3.8, 4) is 0 Å². The fraction of sp³-hybridized carbons (Fsp3) is 0.588. The first-order chi connectivity index (χ1) is 12.1. The lowest BCUT2D eigenvalue weighted by atomic mass is 10.2. The molecule has 7 nitrogen and oxygen atoms in total. The third-order valence-electron chi connectivity index (χ3n) is 4.62. The van der Waals surface area contributed by atoms with Gasteiger partial charge < -0.3 is 14.7 Å². The molecule has 1 fully saturated rings. The molecule has 2 amide bonds. The standard InChI is InChI=1S/C17H25N5O2S/c1-4-15-19-16(24-20-15)13(3)21-7-9-22(10-8-21)17(23)18-12(2)14-6-5-11-25-14/h5-6,11-13H,4,7-10H2,1-3H3,(H,18,23). The van der Waals surface area contributed by atoms with Gasteiger partial charge in [0.25, 0.3) is 0 Å². The van der Waals surface area contributed by atoms with Crippen molar-refractivity contribution in [1.82, 2.24) is 25.3 Å². The summed E-state index contributed by atoms with van der Waals surface area (Å²) in [4.78, 5) is 22.2. The van der Waals surface area contributed by atoms with Gasteiger partial charge in [-0.3, -0.25) is 4.90 Å². The molecule has 3 rings (SSSR count). The van der Waals surface area contributed by atoms with Crippen LogP contribution in [0.15, 0.2) is 22.0 Å². The van der Waals surface area contributed by atoms with Crippen LogP contribution in [0.25, 0.3) is 0 Å². The summed E-state index contributed by atoms with van der Waals surface area (Å²) in [6.07, 6.45) is 0.770. The number of nitrogens with zero attached hydrogens (tertiary/aromatic N) is 4. The second-order valence-corrected chi connectivity index (χ2v) is 7.27. The van der Waals surface area contributed by atoms with Gasteiger partial charge in [0.1, 0.15) is 0 Å². The van der Waals surface area contributed by atoms with E-state index >= 15 is 0 Å². The predicted octanol–water partition coefficient (Wildman–Crippen LogP) is 2.84. The molecule has 3 heterocycles. The van der Waals surface area contributed by atoms with Crippen LogP contribution in [0.1, 0.15) is 49.4 Å². The number of hydrogen-bond donors (Lipinski definition) is 1. The molecule has 2 atom stereocenters. The summed E-state index contributed by atoms with van der Waals surface area (Å²) in [5, 5.41) is 9.07. The lowest BCUT2D eigenvalue weighted by Crippen LogP contribution is -2.52. The highest BCUT2D eigenvalue weighted by atomic mass is 32.1. The largest absolute Gasteiger partial charge is 0.338 e. The molecule has 0 bridgehead atoms. The molecule has 1 aliphatic heterocycles. The van der Waals surface area contributed by atoms with Crippen LogP contribution in [-0.4, -0.2) is 52.2 Å². The highest BCUT2D eigenvalue weighted by Crippen LogP contribution is 2.21. The van der Waals surface area contributed by atoms with Gasteiger partial charge in [-0.15, -0.1) is 11.3 Å². The molecule has 2 unspecified atom stereocenters. The minimum absolute atomic E-state index is 0.000683. The average Bonchev–Trinajstić information content (AvgIpc) is 3.32. The number of piperazine rings is 1. The summed E-state index contributed by atoms with van der Waals surface area (Å²) in [6, 6.07) is 4.16. The molecule has 1 saturated heterocycles. The molecular weight excluding hydrogens is 338 g/mol. The average molecular weight is 363 g/mol. The van der Waals surface area contributed by atoms with E-state index in [-0.39, 0.29) is 18.1 Å². The molecule has 0 radical (unpaired) electrons. The van der Waals surface area contributed by atoms with Gasteiger partial charge in [-0.05, 0) is 25.3 Å². The molecule has 136 valence electrons. The van der Waals surface area contributed by atoms with Crippen LogP contribution in [0.5, 0.6) is 0 Å². The Morgan fingerprint density at radius 1 is 1.36 bits per heavy atom. The first-order valence-corrected chi connectivity index (χ1v) is 9.61. The minimum Gasteiger partial charge on any atom is -0.338 e. The molecule has 0 aliphatic carbocycles. The summed E-state index contributed by atoms with van der Waals surface area (Å²) in [5.74, 6) is 1.39. The SMILES string of the molecule is CCc1noc(C(C)N2CCN(C(=O)NC(C)c3cccs3)CC2)n1. The van der Waals surface area contributed by atoms with Gasteiger partial charge in [-0.2, -0.15) is 4.98 Å². The van der Waals surface area contributed by atoms with Crippen molar-refractivity contribution < 1.29 is 9.32 Å². The van der Waals surface area contributed by atoms with Crippen LogP contribution in [0.4, 0.5) is 4.79 Å². The number of amides is 2. The zero-order chi connectivity index (χ0) is 17.8. The first kappa shape index (κ1) is 17.9. The number of nitrogens with one attached hydrogen (secondary N) is 1. The Balaban J connectivity index is 1.50. The second kappa shape index (κ2) is 7.97. The fourth-order valence-corrected chi connectivity index (χ4v) is 3.67. The maximum atomic E-state index is 12.5. The van der Waals surface area contributed by atoms with E-state index in [9.17, 15) is 4.79 Å². The molecule has 0 saturated carbocycles. The predicted molar refractivity (Wildman–Crippen MR) is 96.5 cm³/mol. The molecule has 2 aromatic heterocycles. The Bertz CT molecular complexity index is 679. The quantitative estimate of drug-likeness (QED) is 0.884. The lowest BCUT2D eigenvalue weighted by molar-refractivity contribution is 0.0992. The van der Waals surface area contributed by atoms with Crippen LogP contribution >= 0.6 is 11.3 Å². The van der Waals surface area contributed by atoms with Crippen LogP contribution < -0.4 is 5.32 Å². The smallest absolute Gasteiger partial charge is 0.317 e. The van der Waals surface area contributed by atoms with Crippen molar-refractivity contribution in [3.05, 3.63) is 34.1 Å². The van der Waals surface area contributed by atoms with Crippen molar-refractivity contribution >= 4 is 17.4 Å². The van der Waals surface area contributed by atoms with Crippen LogP contribution in [-0.2, 0) is 6.42 Å². The summed E-state index contributed by atoms with van der Waals surface area (Å²) in [5.41, 5.74) is 0. The first-order valence-electron chi connectivity index (χ1n) is 8.73. The number of hydrogen-bond acceptors (Lipinski definition) is 6. The van der Waals surface area contributed by atoms with Gasteiger partial charge in [0.15, 0.2) is 5.82 Å². The van der Waals surface area contributed by atoms with E-state index in [1.54, 1.807) is 11.3 Å². The van der Waals surface area contributed by atoms with E-state index in [2.05, 4.69) is 27.3 Å². The highest BCUT2D eigenvalue weighted by Gasteiger charge is 2.28. The number of aryl methyl sites for hydroxylation is 1. The second-order valence-electron chi connectivity index (χ2n) is 6.29. The maximum Gasteiger partial charge on any atom is 0.317 e. The molecule has 1 N–H and O–H groups in total. The van der Waals surface area contributed by atoms with Crippen LogP contribution in [0, 0.1) is 0 Å². The molecule has 2 aromatic rings. The lowest BCUT2D eigenvalue weighted by Gasteiger charge is -2.37. The van der Waals surface area contributed by atoms with Crippen molar-refractivity contribution in [2.75, 3.05) is 26.2 Å². The number of thiophene rings is 1. The summed E-state index contributed by atoms with van der Waals surface area (Å²) in [7, 11) is 0. The molecule has 0 spiro atoms. The van der Waals surface area contributed by atoms with Gasteiger partial charge >= 0.3 is 6.03 Å². The zero-order valence-electron chi connectivity index (χ0n) is 14.9. The molecular formula is C17H25N5O2S. The van der Waals surface area contributed by atoms with E-state index < -0.39 is 0 Å². The van der Waals surface area contributed by atoms with Crippen molar-refractivity contribution in [3.63, 3.8) is 0 Å². The summed E-state index contributed by atoms with van der Waals surface area (Å²) in [6.45, 7) is 9.08. The number of carbonyl (C=O) groups excluding carboxylic acids is 1. The van der Waals surface area contributed by atoms with E-state index in [1.807, 2.05) is 36.3 Å². The van der Waals surface area contributed by atoms with E-state index in [0.717, 1.165) is 25.3 Å². The van der Waals surface area contributed by atoms with Crippen molar-refractivity contribution in [1.29, 1.82) is 0 Å². The molecule has 8 heteroatoms. The Morgan fingerprint density at radius 3 is 2.72 bits per heavy atom. The van der Waals surface area contributed by atoms with Gasteiger partial charge in [-0.25, -0.2) is 4.79 Å². The Morgan fingerprint density at radius 2 is 2.12 bits per heavy atom. The van der Waals surface area contributed by atoms with Gasteiger partial charge in [-0.1, -0.05) is 18.1 Å². The van der Waals surface area contributed by atoms with Gasteiger partial charge in [0, 0.05) is 37.5 Å². The monoisotopic (exact) mass is 363 g/mol. The number of urea groups is 1. The third kappa shape index (κ3) is 4.19. The summed E-state index contributed by atoms with van der Waals surface area (Å²) >= 11 is 1.66. The molecule has 25 heavy (non-hydrogen) atoms. The number of carbonyl (C=O) groups is 1. The van der Waals surface area contributed by atoms with Crippen LogP contribution in [0.2, 0.25) is 0 Å². The Kier molecular flexibility index (Phi) is 5.70. The number of rotatable bonds is 5. The van der Waals surface area contributed by atoms with E-state index in [1.165, 1.54) is 4.88 Å². The summed E-state index contributed by atoms with van der Waals surface area (Å²) < 4.78 is 5.34. The fourth-order valence-electron chi connectivity index (χ4n) is 2.93. The highest BCUT2D eigenvalue weighted by molar-refractivity contribution is 7.10. The third-order valence-corrected chi connectivity index (χ3v) is 5.67. The Hall–Kier alpha value is -1.93. The Labute approximate surface area is 152 Å². The van der Waals surface area contributed by atoms with Crippen LogP contribution in [0.3, 0.4) is 0 Å². The van der Waals surface area contributed by atoms with E-state index in [0.29, 0.717) is 19.0 Å². The molecule has 1 aliphatic rings. The number of aromatic nitrogens is 2. The molecule has 0 aromatic carbocycles. The zero-order valence-corrected chi connectivity index (χ0v) is 15.8. The minimum atomic E-state index is -0.000683. The van der Waals surface area contributed by atoms with Crippen molar-refractivity contribution in [2.24, 2.45) is 0 Å². The normalized spacial score (nSPS) is 18.1. The van der Waals surface area contributed by atoms with Gasteiger partial charge in [0.05, 0.1) is 12.1 Å². The topological polar surface area (TPSA) is 74.5 Å². The maximum absolute atomic E-state index is 12.5. The van der Waals surface area contributed by atoms with Gasteiger partial charge in [0.2, 0.25) is 5.89 Å². The van der Waals surface area contributed by atoms with E-state index in [4.69, 9.17) is 4.52 Å².